The van der Waals surface area contributed by atoms with Crippen LogP contribution in [0.1, 0.15) is 23.0 Å². The van der Waals surface area contributed by atoms with Crippen molar-refractivity contribution in [3.8, 4) is 16.3 Å². The molecule has 0 saturated heterocycles. The van der Waals surface area contributed by atoms with Gasteiger partial charge in [0.2, 0.25) is 5.91 Å². The molecule has 172 valence electrons. The largest absolute Gasteiger partial charge is 0.496 e. The number of hydrogen-bond donors (Lipinski definition) is 1. The van der Waals surface area contributed by atoms with Crippen LogP contribution in [0.2, 0.25) is 0 Å². The first-order chi connectivity index (χ1) is 16.6. The first kappa shape index (κ1) is 23.2. The number of nitrogens with zero attached hydrogens (tertiary/aromatic N) is 2. The summed E-state index contributed by atoms with van der Waals surface area (Å²) in [4.78, 5) is 31.7. The molecule has 0 unspecified atom stereocenters. The van der Waals surface area contributed by atoms with Crippen LogP contribution in [-0.4, -0.2) is 30.5 Å². The van der Waals surface area contributed by atoms with Crippen molar-refractivity contribution in [1.29, 1.82) is 0 Å². The third-order valence-electron chi connectivity index (χ3n) is 5.33. The zero-order valence-electron chi connectivity index (χ0n) is 19.0. The number of likely N-dealkylation sites (N-methyl/N-ethyl adjacent to an activating group) is 1. The minimum atomic E-state index is -0.289. The topological polar surface area (TPSA) is 71.5 Å². The van der Waals surface area contributed by atoms with Crippen LogP contribution in [0.4, 0.5) is 11.4 Å². The van der Waals surface area contributed by atoms with E-state index in [9.17, 15) is 9.59 Å². The monoisotopic (exact) mass is 471 g/mol. The molecule has 34 heavy (non-hydrogen) atoms. The van der Waals surface area contributed by atoms with Crippen molar-refractivity contribution in [3.05, 3.63) is 95.5 Å². The summed E-state index contributed by atoms with van der Waals surface area (Å²) in [5.74, 6) is 0.446. The number of anilines is 2. The molecule has 3 aromatic carbocycles. The zero-order chi connectivity index (χ0) is 23.9. The number of nitrogens with one attached hydrogen (secondary N) is 1. The summed E-state index contributed by atoms with van der Waals surface area (Å²) >= 11 is 1.39. The summed E-state index contributed by atoms with van der Waals surface area (Å²) < 4.78 is 5.39. The summed E-state index contributed by atoms with van der Waals surface area (Å²) in [6.45, 7) is 2.56. The Morgan fingerprint density at radius 1 is 0.971 bits per heavy atom. The Balaban J connectivity index is 1.40. The molecule has 0 radical (unpaired) electrons. The molecule has 7 heteroatoms. The van der Waals surface area contributed by atoms with Crippen molar-refractivity contribution >= 4 is 34.5 Å². The second kappa shape index (κ2) is 10.8. The molecule has 2 amide bonds. The lowest BCUT2D eigenvalue weighted by atomic mass is 10.1. The highest BCUT2D eigenvalue weighted by Crippen LogP contribution is 2.32. The van der Waals surface area contributed by atoms with Gasteiger partial charge < -0.3 is 15.0 Å². The number of ether oxygens (including phenoxy) is 1. The number of rotatable bonds is 8. The Morgan fingerprint density at radius 3 is 2.38 bits per heavy atom. The zero-order valence-corrected chi connectivity index (χ0v) is 19.8. The van der Waals surface area contributed by atoms with Crippen LogP contribution >= 0.6 is 11.3 Å². The standard InChI is InChI=1S/C27H25N3O3S/c1-3-30(21-9-5-4-6-10-21)25(31)17-19-13-15-20(16-14-19)28-26(32)23-18-34-27(29-23)22-11-7-8-12-24(22)33-2/h4-16,18H,3,17H2,1-2H3,(H,28,32). The lowest BCUT2D eigenvalue weighted by Crippen LogP contribution is -2.31. The van der Waals surface area contributed by atoms with E-state index in [1.54, 1.807) is 29.5 Å². The third kappa shape index (κ3) is 5.32. The molecule has 4 rings (SSSR count). The Hall–Kier alpha value is -3.97. The molecule has 0 saturated carbocycles. The maximum Gasteiger partial charge on any atom is 0.275 e. The first-order valence-electron chi connectivity index (χ1n) is 10.9. The SMILES string of the molecule is CCN(C(=O)Cc1ccc(NC(=O)c2csc(-c3ccccc3OC)n2)cc1)c1ccccc1. The summed E-state index contributed by atoms with van der Waals surface area (Å²) in [7, 11) is 1.61. The van der Waals surface area contributed by atoms with E-state index in [0.717, 1.165) is 21.8 Å². The summed E-state index contributed by atoms with van der Waals surface area (Å²) in [6.07, 6.45) is 0.283. The maximum atomic E-state index is 12.8. The van der Waals surface area contributed by atoms with E-state index < -0.39 is 0 Å². The molecule has 0 aliphatic carbocycles. The van der Waals surface area contributed by atoms with Crippen LogP contribution in [0.5, 0.6) is 5.75 Å². The molecule has 1 heterocycles. The minimum Gasteiger partial charge on any atom is -0.496 e. The second-order valence-electron chi connectivity index (χ2n) is 7.54. The Labute approximate surface area is 202 Å². The van der Waals surface area contributed by atoms with E-state index in [1.807, 2.05) is 73.7 Å². The average Bonchev–Trinajstić information content (AvgIpc) is 3.37. The highest BCUT2D eigenvalue weighted by atomic mass is 32.1. The van der Waals surface area contributed by atoms with Gasteiger partial charge in [0, 0.05) is 23.3 Å². The number of benzene rings is 3. The van der Waals surface area contributed by atoms with Crippen LogP contribution < -0.4 is 15.0 Å². The summed E-state index contributed by atoms with van der Waals surface area (Å²) in [5, 5.41) is 5.32. The van der Waals surface area contributed by atoms with Crippen LogP contribution in [0, 0.1) is 0 Å². The number of hydrogen-bond acceptors (Lipinski definition) is 5. The molecule has 1 aromatic heterocycles. The van der Waals surface area contributed by atoms with E-state index in [2.05, 4.69) is 10.3 Å². The van der Waals surface area contributed by atoms with Gasteiger partial charge in [0.25, 0.3) is 5.91 Å². The van der Waals surface area contributed by atoms with Gasteiger partial charge in [-0.25, -0.2) is 4.98 Å². The number of methoxy groups -OCH3 is 1. The van der Waals surface area contributed by atoms with Crippen molar-refractivity contribution < 1.29 is 14.3 Å². The number of para-hydroxylation sites is 2. The van der Waals surface area contributed by atoms with Crippen LogP contribution in [0.25, 0.3) is 10.6 Å². The molecule has 0 atom stereocenters. The van der Waals surface area contributed by atoms with Gasteiger partial charge in [0.1, 0.15) is 16.5 Å². The quantitative estimate of drug-likeness (QED) is 0.360. The van der Waals surface area contributed by atoms with Crippen molar-refractivity contribution in [1.82, 2.24) is 4.98 Å². The Morgan fingerprint density at radius 2 is 1.68 bits per heavy atom. The highest BCUT2D eigenvalue weighted by Gasteiger charge is 2.16. The van der Waals surface area contributed by atoms with E-state index in [1.165, 1.54) is 11.3 Å². The fourth-order valence-corrected chi connectivity index (χ4v) is 4.43. The summed E-state index contributed by atoms with van der Waals surface area (Å²) in [5.41, 5.74) is 3.59. The molecule has 0 spiro atoms. The minimum absolute atomic E-state index is 0.0248. The van der Waals surface area contributed by atoms with Gasteiger partial charge in [0.05, 0.1) is 19.1 Å². The van der Waals surface area contributed by atoms with E-state index in [4.69, 9.17) is 4.74 Å². The van der Waals surface area contributed by atoms with Crippen molar-refractivity contribution in [2.24, 2.45) is 0 Å². The number of amides is 2. The normalized spacial score (nSPS) is 10.5. The van der Waals surface area contributed by atoms with Gasteiger partial charge in [0.15, 0.2) is 0 Å². The van der Waals surface area contributed by atoms with Crippen LogP contribution in [0.15, 0.2) is 84.2 Å². The number of carbonyl (C=O) groups is 2. The first-order valence-corrected chi connectivity index (χ1v) is 11.8. The molecular formula is C27H25N3O3S. The molecule has 1 N–H and O–H groups in total. The van der Waals surface area contributed by atoms with Gasteiger partial charge in [-0.1, -0.05) is 42.5 Å². The van der Waals surface area contributed by atoms with E-state index in [-0.39, 0.29) is 18.2 Å². The molecule has 0 bridgehead atoms. The third-order valence-corrected chi connectivity index (χ3v) is 6.20. The predicted octanol–water partition coefficient (Wildman–Crippen LogP) is 5.67. The smallest absolute Gasteiger partial charge is 0.275 e. The number of thiazole rings is 1. The lowest BCUT2D eigenvalue weighted by molar-refractivity contribution is -0.117. The fourth-order valence-electron chi connectivity index (χ4n) is 3.61. The molecule has 0 aliphatic rings. The van der Waals surface area contributed by atoms with Crippen LogP contribution in [0.3, 0.4) is 0 Å². The molecule has 0 aliphatic heterocycles. The Bertz CT molecular complexity index is 1270. The lowest BCUT2D eigenvalue weighted by Gasteiger charge is -2.21. The highest BCUT2D eigenvalue weighted by molar-refractivity contribution is 7.13. The van der Waals surface area contributed by atoms with Gasteiger partial charge in [-0.15, -0.1) is 11.3 Å². The molecule has 0 fully saturated rings. The van der Waals surface area contributed by atoms with Crippen molar-refractivity contribution in [2.75, 3.05) is 23.9 Å². The van der Waals surface area contributed by atoms with Crippen LogP contribution in [-0.2, 0) is 11.2 Å². The fraction of sp³-hybridized carbons (Fsp3) is 0.148. The number of carbonyl (C=O) groups excluding carboxylic acids is 2. The number of aromatic nitrogens is 1. The van der Waals surface area contributed by atoms with Gasteiger partial charge >= 0.3 is 0 Å². The van der Waals surface area contributed by atoms with Gasteiger partial charge in [-0.05, 0) is 48.9 Å². The maximum absolute atomic E-state index is 12.8. The molecule has 4 aromatic rings. The molecule has 6 nitrogen and oxygen atoms in total. The summed E-state index contributed by atoms with van der Waals surface area (Å²) in [6, 6.07) is 24.5. The van der Waals surface area contributed by atoms with Gasteiger partial charge in [-0.2, -0.15) is 0 Å². The predicted molar refractivity (Wildman–Crippen MR) is 137 cm³/mol. The average molecular weight is 472 g/mol. The van der Waals surface area contributed by atoms with E-state index >= 15 is 0 Å². The van der Waals surface area contributed by atoms with Gasteiger partial charge in [-0.3, -0.25) is 9.59 Å². The molecular weight excluding hydrogens is 446 g/mol. The van der Waals surface area contributed by atoms with Crippen molar-refractivity contribution in [3.63, 3.8) is 0 Å². The Kier molecular flexibility index (Phi) is 7.34. The second-order valence-corrected chi connectivity index (χ2v) is 8.40. The van der Waals surface area contributed by atoms with Crippen molar-refractivity contribution in [2.45, 2.75) is 13.3 Å². The van der Waals surface area contributed by atoms with E-state index in [0.29, 0.717) is 23.7 Å².